The second-order valence-electron chi connectivity index (χ2n) is 7.67. The number of unbranched alkanes of at least 4 members (excludes halogenated alkanes) is 6. The molecule has 1 heterocycles. The Morgan fingerprint density at radius 1 is 0.968 bits per heavy atom. The number of amides is 1. The summed E-state index contributed by atoms with van der Waals surface area (Å²) in [6.07, 6.45) is 9.03. The van der Waals surface area contributed by atoms with Crippen LogP contribution in [0.1, 0.15) is 58.3 Å². The van der Waals surface area contributed by atoms with E-state index in [4.69, 9.17) is 11.6 Å². The monoisotopic (exact) mass is 455 g/mol. The predicted molar refractivity (Wildman–Crippen MR) is 134 cm³/mol. The molecule has 0 saturated carbocycles. The summed E-state index contributed by atoms with van der Waals surface area (Å²) in [5.41, 5.74) is 3.56. The van der Waals surface area contributed by atoms with Gasteiger partial charge in [-0.2, -0.15) is 0 Å². The lowest BCUT2D eigenvalue weighted by Gasteiger charge is -2.07. The Bertz CT molecular complexity index is 973. The van der Waals surface area contributed by atoms with Gasteiger partial charge in [0.1, 0.15) is 0 Å². The van der Waals surface area contributed by atoms with Crippen molar-refractivity contribution in [3.8, 4) is 11.3 Å². The first-order chi connectivity index (χ1) is 15.1. The molecule has 1 aromatic heterocycles. The normalized spacial score (nSPS) is 10.8. The Hall–Kier alpha value is -2.37. The van der Waals surface area contributed by atoms with Crippen molar-refractivity contribution in [2.45, 2.75) is 58.3 Å². The summed E-state index contributed by atoms with van der Waals surface area (Å²) in [6.45, 7) is 2.23. The molecule has 2 aromatic carbocycles. The summed E-state index contributed by atoms with van der Waals surface area (Å²) in [6, 6.07) is 15.4. The van der Waals surface area contributed by atoms with E-state index in [9.17, 15) is 4.79 Å². The van der Waals surface area contributed by atoms with Gasteiger partial charge in [0, 0.05) is 33.8 Å². The van der Waals surface area contributed by atoms with Gasteiger partial charge in [0.05, 0.1) is 5.69 Å². The number of nitrogens with zero attached hydrogens (tertiary/aromatic N) is 1. The molecule has 31 heavy (non-hydrogen) atoms. The van der Waals surface area contributed by atoms with Crippen molar-refractivity contribution in [2.24, 2.45) is 0 Å². The van der Waals surface area contributed by atoms with E-state index in [1.165, 1.54) is 43.4 Å². The molecule has 0 bridgehead atoms. The smallest absolute Gasteiger partial charge is 0.224 e. The van der Waals surface area contributed by atoms with Crippen molar-refractivity contribution in [2.75, 3.05) is 10.6 Å². The summed E-state index contributed by atoms with van der Waals surface area (Å²) in [5, 5.41) is 9.79. The standard InChI is InChI=1S/C25H30ClN3OS/c1-2-3-4-5-6-7-8-15-24(30)27-21-13-9-11-19(16-21)23-18-31-25(29-23)28-22-14-10-12-20(26)17-22/h9-14,16-18H,2-8,15H2,1H3,(H,27,30)(H,28,29). The van der Waals surface area contributed by atoms with Gasteiger partial charge in [-0.3, -0.25) is 4.79 Å². The van der Waals surface area contributed by atoms with Crippen LogP contribution >= 0.6 is 22.9 Å². The molecule has 0 aliphatic heterocycles. The fraction of sp³-hybridized carbons (Fsp3) is 0.360. The van der Waals surface area contributed by atoms with Gasteiger partial charge in [-0.15, -0.1) is 11.3 Å². The third-order valence-corrected chi connectivity index (χ3v) is 6.02. The Morgan fingerprint density at radius 3 is 2.52 bits per heavy atom. The lowest BCUT2D eigenvalue weighted by Crippen LogP contribution is -2.11. The first-order valence-electron chi connectivity index (χ1n) is 11.0. The molecule has 0 atom stereocenters. The Morgan fingerprint density at radius 2 is 1.71 bits per heavy atom. The molecule has 0 aliphatic carbocycles. The number of rotatable bonds is 12. The number of benzene rings is 2. The number of carbonyl (C=O) groups excluding carboxylic acids is 1. The maximum absolute atomic E-state index is 12.3. The SMILES string of the molecule is CCCCCCCCCC(=O)Nc1cccc(-c2csc(Nc3cccc(Cl)c3)n2)c1. The molecule has 2 N–H and O–H groups in total. The zero-order valence-electron chi connectivity index (χ0n) is 18.0. The summed E-state index contributed by atoms with van der Waals surface area (Å²) >= 11 is 7.58. The molecule has 1 amide bonds. The van der Waals surface area contributed by atoms with E-state index in [2.05, 4.69) is 22.5 Å². The summed E-state index contributed by atoms with van der Waals surface area (Å²) in [4.78, 5) is 17.0. The Balaban J connectivity index is 1.50. The molecule has 3 rings (SSSR count). The van der Waals surface area contributed by atoms with Gasteiger partial charge in [-0.05, 0) is 36.8 Å². The van der Waals surface area contributed by atoms with E-state index in [0.717, 1.165) is 40.6 Å². The van der Waals surface area contributed by atoms with Crippen LogP contribution in [0.2, 0.25) is 5.02 Å². The van der Waals surface area contributed by atoms with E-state index in [-0.39, 0.29) is 5.91 Å². The molecule has 0 radical (unpaired) electrons. The molecule has 0 aliphatic rings. The minimum absolute atomic E-state index is 0.0762. The molecule has 3 aromatic rings. The predicted octanol–water partition coefficient (Wildman–Crippen LogP) is 8.29. The highest BCUT2D eigenvalue weighted by atomic mass is 35.5. The fourth-order valence-electron chi connectivity index (χ4n) is 3.38. The number of halogens is 1. The van der Waals surface area contributed by atoms with Crippen molar-refractivity contribution in [1.82, 2.24) is 4.98 Å². The zero-order valence-corrected chi connectivity index (χ0v) is 19.6. The molecule has 4 nitrogen and oxygen atoms in total. The van der Waals surface area contributed by atoms with Crippen LogP contribution in [0.3, 0.4) is 0 Å². The second-order valence-corrected chi connectivity index (χ2v) is 8.97. The molecular weight excluding hydrogens is 426 g/mol. The average Bonchev–Trinajstić information content (AvgIpc) is 3.22. The molecule has 6 heteroatoms. The first kappa shape index (κ1) is 23.3. The highest BCUT2D eigenvalue weighted by Crippen LogP contribution is 2.29. The number of aromatic nitrogens is 1. The highest BCUT2D eigenvalue weighted by Gasteiger charge is 2.08. The van der Waals surface area contributed by atoms with Gasteiger partial charge >= 0.3 is 0 Å². The first-order valence-corrected chi connectivity index (χ1v) is 12.3. The van der Waals surface area contributed by atoms with Gasteiger partial charge in [-0.1, -0.05) is 75.2 Å². The number of nitrogens with one attached hydrogen (secondary N) is 2. The van der Waals surface area contributed by atoms with Crippen LogP contribution in [-0.2, 0) is 4.79 Å². The molecule has 0 saturated heterocycles. The van der Waals surface area contributed by atoms with E-state index < -0.39 is 0 Å². The Kier molecular flexibility index (Phi) is 9.38. The average molecular weight is 456 g/mol. The third-order valence-electron chi connectivity index (χ3n) is 5.03. The van der Waals surface area contributed by atoms with Crippen LogP contribution in [0.15, 0.2) is 53.9 Å². The Labute approximate surface area is 194 Å². The fourth-order valence-corrected chi connectivity index (χ4v) is 4.31. The van der Waals surface area contributed by atoms with E-state index in [1.807, 2.05) is 53.9 Å². The second kappa shape index (κ2) is 12.5. The minimum Gasteiger partial charge on any atom is -0.331 e. The molecule has 0 fully saturated rings. The van der Waals surface area contributed by atoms with E-state index in [0.29, 0.717) is 11.4 Å². The lowest BCUT2D eigenvalue weighted by molar-refractivity contribution is -0.116. The van der Waals surface area contributed by atoms with Crippen LogP contribution in [0.25, 0.3) is 11.3 Å². The lowest BCUT2D eigenvalue weighted by atomic mass is 10.1. The number of hydrogen-bond acceptors (Lipinski definition) is 4. The third kappa shape index (κ3) is 8.00. The number of thiazole rings is 1. The van der Waals surface area contributed by atoms with E-state index >= 15 is 0 Å². The number of carbonyl (C=O) groups is 1. The molecule has 164 valence electrons. The van der Waals surface area contributed by atoms with Crippen LogP contribution in [0.4, 0.5) is 16.5 Å². The summed E-state index contributed by atoms with van der Waals surface area (Å²) in [5.74, 6) is 0.0762. The molecule has 0 spiro atoms. The van der Waals surface area contributed by atoms with Crippen molar-refractivity contribution in [1.29, 1.82) is 0 Å². The number of hydrogen-bond donors (Lipinski definition) is 2. The highest BCUT2D eigenvalue weighted by molar-refractivity contribution is 7.14. The molecule has 0 unspecified atom stereocenters. The van der Waals surface area contributed by atoms with Crippen molar-refractivity contribution < 1.29 is 4.79 Å². The zero-order chi connectivity index (χ0) is 21.9. The van der Waals surface area contributed by atoms with E-state index in [1.54, 1.807) is 0 Å². The maximum Gasteiger partial charge on any atom is 0.224 e. The minimum atomic E-state index is 0.0762. The van der Waals surface area contributed by atoms with Crippen LogP contribution < -0.4 is 10.6 Å². The topological polar surface area (TPSA) is 54.0 Å². The van der Waals surface area contributed by atoms with Crippen molar-refractivity contribution in [3.63, 3.8) is 0 Å². The van der Waals surface area contributed by atoms with Crippen molar-refractivity contribution in [3.05, 3.63) is 58.9 Å². The number of anilines is 3. The van der Waals surface area contributed by atoms with Crippen LogP contribution in [0.5, 0.6) is 0 Å². The maximum atomic E-state index is 12.3. The van der Waals surface area contributed by atoms with Gasteiger partial charge in [0.15, 0.2) is 5.13 Å². The van der Waals surface area contributed by atoms with Gasteiger partial charge in [0.25, 0.3) is 0 Å². The van der Waals surface area contributed by atoms with Crippen LogP contribution in [0, 0.1) is 0 Å². The van der Waals surface area contributed by atoms with Gasteiger partial charge in [-0.25, -0.2) is 4.98 Å². The molecular formula is C25H30ClN3OS. The van der Waals surface area contributed by atoms with Crippen molar-refractivity contribution >= 4 is 45.4 Å². The van der Waals surface area contributed by atoms with Gasteiger partial charge < -0.3 is 10.6 Å². The quantitative estimate of drug-likeness (QED) is 0.270. The summed E-state index contributed by atoms with van der Waals surface area (Å²) in [7, 11) is 0. The van der Waals surface area contributed by atoms with Gasteiger partial charge in [0.2, 0.25) is 5.91 Å². The van der Waals surface area contributed by atoms with Crippen LogP contribution in [-0.4, -0.2) is 10.9 Å². The summed E-state index contributed by atoms with van der Waals surface area (Å²) < 4.78 is 0. The largest absolute Gasteiger partial charge is 0.331 e.